The van der Waals surface area contributed by atoms with E-state index in [0.29, 0.717) is 11.3 Å². The molecule has 1 aromatic heterocycles. The van der Waals surface area contributed by atoms with Crippen molar-refractivity contribution in [2.24, 2.45) is 0 Å². The van der Waals surface area contributed by atoms with Crippen LogP contribution >= 0.6 is 0 Å². The molecule has 0 saturated heterocycles. The van der Waals surface area contributed by atoms with Crippen molar-refractivity contribution in [3.63, 3.8) is 0 Å². The van der Waals surface area contributed by atoms with Crippen molar-refractivity contribution >= 4 is 17.2 Å². The molecule has 0 aliphatic carbocycles. The first-order chi connectivity index (χ1) is 13.3. The lowest BCUT2D eigenvalue weighted by atomic mass is 10.0. The molecule has 0 amide bonds. The van der Waals surface area contributed by atoms with Crippen LogP contribution in [0.2, 0.25) is 0 Å². The summed E-state index contributed by atoms with van der Waals surface area (Å²) < 4.78 is 28.4. The summed E-state index contributed by atoms with van der Waals surface area (Å²) in [6.07, 6.45) is 0. The first kappa shape index (κ1) is 19.4. The number of ketones is 1. The predicted molar refractivity (Wildman–Crippen MR) is 104 cm³/mol. The van der Waals surface area contributed by atoms with Crippen LogP contribution in [0.15, 0.2) is 53.3 Å². The molecule has 0 saturated carbocycles. The van der Waals surface area contributed by atoms with E-state index in [4.69, 9.17) is 0 Å². The van der Waals surface area contributed by atoms with Gasteiger partial charge in [-0.25, -0.2) is 13.5 Å². The van der Waals surface area contributed by atoms with Gasteiger partial charge < -0.3 is 5.32 Å². The number of hydrogen-bond acceptors (Lipinski definition) is 4. The van der Waals surface area contributed by atoms with E-state index in [-0.39, 0.29) is 23.0 Å². The van der Waals surface area contributed by atoms with Gasteiger partial charge in [-0.1, -0.05) is 30.3 Å². The van der Waals surface area contributed by atoms with E-state index in [2.05, 4.69) is 10.4 Å². The third-order valence-electron chi connectivity index (χ3n) is 4.14. The summed E-state index contributed by atoms with van der Waals surface area (Å²) in [4.78, 5) is 25.4. The highest BCUT2D eigenvalue weighted by atomic mass is 19.1. The van der Waals surface area contributed by atoms with Crippen molar-refractivity contribution in [2.75, 3.05) is 5.32 Å². The van der Waals surface area contributed by atoms with Gasteiger partial charge in [0.1, 0.15) is 23.0 Å². The Kier molecular flexibility index (Phi) is 5.35. The van der Waals surface area contributed by atoms with Gasteiger partial charge in [0.25, 0.3) is 5.56 Å². The molecule has 3 rings (SSSR count). The van der Waals surface area contributed by atoms with Crippen LogP contribution in [0.25, 0.3) is 11.3 Å². The fourth-order valence-electron chi connectivity index (χ4n) is 2.92. The maximum absolute atomic E-state index is 13.6. The van der Waals surface area contributed by atoms with E-state index in [0.717, 1.165) is 18.2 Å². The van der Waals surface area contributed by atoms with Crippen LogP contribution in [0, 0.1) is 11.6 Å². The van der Waals surface area contributed by atoms with Gasteiger partial charge in [0.15, 0.2) is 5.78 Å². The van der Waals surface area contributed by atoms with Gasteiger partial charge in [0.2, 0.25) is 0 Å². The highest BCUT2D eigenvalue weighted by Gasteiger charge is 2.23. The summed E-state index contributed by atoms with van der Waals surface area (Å²) in [5.74, 6) is -1.99. The Hall–Kier alpha value is -3.35. The molecule has 0 radical (unpaired) electrons. The topological polar surface area (TPSA) is 64.0 Å². The van der Waals surface area contributed by atoms with Crippen LogP contribution in [-0.4, -0.2) is 15.6 Å². The maximum Gasteiger partial charge on any atom is 0.291 e. The monoisotopic (exact) mass is 383 g/mol. The molecule has 0 bridgehead atoms. The molecule has 0 aliphatic heterocycles. The van der Waals surface area contributed by atoms with Crippen LogP contribution in [-0.2, 0) is 0 Å². The molecule has 0 unspecified atom stereocenters. The van der Waals surface area contributed by atoms with Crippen LogP contribution in [0.1, 0.15) is 37.2 Å². The largest absolute Gasteiger partial charge is 0.350 e. The van der Waals surface area contributed by atoms with Crippen molar-refractivity contribution in [1.29, 1.82) is 0 Å². The number of nitrogens with one attached hydrogen (secondary N) is 1. The molecule has 1 N–H and O–H groups in total. The number of Topliss-reactive ketones (excluding diaryl/α,β-unsaturated/α-hetero) is 1. The number of halogens is 2. The number of aromatic nitrogens is 2. The van der Waals surface area contributed by atoms with Crippen molar-refractivity contribution in [3.05, 3.63) is 76.1 Å². The highest BCUT2D eigenvalue weighted by molar-refractivity contribution is 6.05. The Morgan fingerprint density at radius 2 is 1.68 bits per heavy atom. The second kappa shape index (κ2) is 7.72. The fourth-order valence-corrected chi connectivity index (χ4v) is 2.92. The van der Waals surface area contributed by atoms with E-state index >= 15 is 0 Å². The van der Waals surface area contributed by atoms with E-state index in [1.54, 1.807) is 38.1 Å². The minimum absolute atomic E-state index is 0.0256. The highest BCUT2D eigenvalue weighted by Crippen LogP contribution is 2.28. The Morgan fingerprint density at radius 3 is 2.21 bits per heavy atom. The first-order valence-electron chi connectivity index (χ1n) is 8.74. The SMILES string of the molecule is CC(=O)c1c(-c2ccccc2)nn(C(C)C)c(=O)c1Nc1cc(F)cc(F)c1. The maximum atomic E-state index is 13.6. The molecule has 1 heterocycles. The number of benzene rings is 2. The normalized spacial score (nSPS) is 10.9. The van der Waals surface area contributed by atoms with E-state index in [1.807, 2.05) is 6.07 Å². The van der Waals surface area contributed by atoms with E-state index in [9.17, 15) is 18.4 Å². The molecule has 0 aliphatic rings. The third-order valence-corrected chi connectivity index (χ3v) is 4.14. The molecular weight excluding hydrogens is 364 g/mol. The summed E-state index contributed by atoms with van der Waals surface area (Å²) in [6, 6.07) is 11.5. The Balaban J connectivity index is 2.31. The number of carbonyl (C=O) groups is 1. The van der Waals surface area contributed by atoms with Crippen molar-refractivity contribution in [3.8, 4) is 11.3 Å². The lowest BCUT2D eigenvalue weighted by Gasteiger charge is -2.18. The smallest absolute Gasteiger partial charge is 0.291 e. The number of hydrogen-bond donors (Lipinski definition) is 1. The Bertz CT molecular complexity index is 1070. The molecule has 28 heavy (non-hydrogen) atoms. The summed E-state index contributed by atoms with van der Waals surface area (Å²) >= 11 is 0. The molecule has 0 atom stereocenters. The van der Waals surface area contributed by atoms with Gasteiger partial charge >= 0.3 is 0 Å². The summed E-state index contributed by atoms with van der Waals surface area (Å²) in [7, 11) is 0. The minimum Gasteiger partial charge on any atom is -0.350 e. The van der Waals surface area contributed by atoms with Crippen LogP contribution < -0.4 is 10.9 Å². The average Bonchev–Trinajstić information content (AvgIpc) is 2.62. The van der Waals surface area contributed by atoms with Crippen LogP contribution in [0.3, 0.4) is 0 Å². The number of nitrogens with zero attached hydrogens (tertiary/aromatic N) is 2. The quantitative estimate of drug-likeness (QED) is 0.648. The van der Waals surface area contributed by atoms with Gasteiger partial charge in [0.05, 0.1) is 11.6 Å². The average molecular weight is 383 g/mol. The van der Waals surface area contributed by atoms with Gasteiger partial charge in [-0.2, -0.15) is 5.10 Å². The van der Waals surface area contributed by atoms with Gasteiger partial charge in [-0.3, -0.25) is 9.59 Å². The van der Waals surface area contributed by atoms with E-state index < -0.39 is 23.0 Å². The van der Waals surface area contributed by atoms with Gasteiger partial charge in [0, 0.05) is 17.3 Å². The van der Waals surface area contributed by atoms with Crippen molar-refractivity contribution in [2.45, 2.75) is 26.8 Å². The zero-order valence-electron chi connectivity index (χ0n) is 15.7. The van der Waals surface area contributed by atoms with Crippen molar-refractivity contribution < 1.29 is 13.6 Å². The van der Waals surface area contributed by atoms with Gasteiger partial charge in [-0.15, -0.1) is 0 Å². The molecule has 0 fully saturated rings. The third kappa shape index (κ3) is 3.83. The Labute approximate surface area is 160 Å². The standard InChI is InChI=1S/C21H19F2N3O2/c1-12(2)26-21(28)20(24-17-10-15(22)9-16(23)11-17)18(13(3)27)19(25-26)14-7-5-4-6-8-14/h4-12,24H,1-3H3. The second-order valence-electron chi connectivity index (χ2n) is 6.65. The molecule has 144 valence electrons. The number of rotatable bonds is 5. The number of anilines is 2. The molecule has 5 nitrogen and oxygen atoms in total. The fraction of sp³-hybridized carbons (Fsp3) is 0.190. The predicted octanol–water partition coefficient (Wildman–Crippen LogP) is 4.72. The zero-order chi connectivity index (χ0) is 20.4. The summed E-state index contributed by atoms with van der Waals surface area (Å²) in [6.45, 7) is 4.88. The molecule has 7 heteroatoms. The zero-order valence-corrected chi connectivity index (χ0v) is 15.7. The second-order valence-corrected chi connectivity index (χ2v) is 6.65. The minimum atomic E-state index is -0.798. The molecular formula is C21H19F2N3O2. The lowest BCUT2D eigenvalue weighted by molar-refractivity contribution is 0.101. The lowest BCUT2D eigenvalue weighted by Crippen LogP contribution is -2.30. The molecule has 3 aromatic rings. The van der Waals surface area contributed by atoms with E-state index in [1.165, 1.54) is 11.6 Å². The first-order valence-corrected chi connectivity index (χ1v) is 8.74. The Morgan fingerprint density at radius 1 is 1.07 bits per heavy atom. The van der Waals surface area contributed by atoms with Crippen LogP contribution in [0.4, 0.5) is 20.2 Å². The van der Waals surface area contributed by atoms with Crippen LogP contribution in [0.5, 0.6) is 0 Å². The number of carbonyl (C=O) groups excluding carboxylic acids is 1. The summed E-state index contributed by atoms with van der Waals surface area (Å²) in [5, 5.41) is 7.13. The molecule has 2 aromatic carbocycles. The molecule has 0 spiro atoms. The van der Waals surface area contributed by atoms with Crippen molar-refractivity contribution in [1.82, 2.24) is 9.78 Å². The summed E-state index contributed by atoms with van der Waals surface area (Å²) in [5.41, 5.74) is 0.441. The van der Waals surface area contributed by atoms with Gasteiger partial charge in [-0.05, 0) is 32.9 Å².